The van der Waals surface area contributed by atoms with Gasteiger partial charge in [0.1, 0.15) is 0 Å². The van der Waals surface area contributed by atoms with Crippen molar-refractivity contribution < 1.29 is 14.4 Å². The van der Waals surface area contributed by atoms with E-state index in [2.05, 4.69) is 16.0 Å². The van der Waals surface area contributed by atoms with Gasteiger partial charge in [-0.3, -0.25) is 19.5 Å². The van der Waals surface area contributed by atoms with Crippen LogP contribution in [0.4, 0.5) is 0 Å². The van der Waals surface area contributed by atoms with Gasteiger partial charge in [0, 0.05) is 32.4 Å². The summed E-state index contributed by atoms with van der Waals surface area (Å²) in [6, 6.07) is 6.05. The molecule has 6 nitrogen and oxygen atoms in total. The number of piperidine rings is 1. The van der Waals surface area contributed by atoms with Gasteiger partial charge in [0.15, 0.2) is 0 Å². The predicted octanol–water partition coefficient (Wildman–Crippen LogP) is 1.86. The van der Waals surface area contributed by atoms with Crippen molar-refractivity contribution in [1.29, 1.82) is 0 Å². The molecule has 1 aromatic heterocycles. The molecule has 3 fully saturated rings. The molecule has 4 rings (SSSR count). The van der Waals surface area contributed by atoms with Crippen LogP contribution in [0.3, 0.4) is 0 Å². The summed E-state index contributed by atoms with van der Waals surface area (Å²) in [7, 11) is 0. The number of fused-ring (bicyclic) bond motifs is 1. The molecule has 0 unspecified atom stereocenters. The van der Waals surface area contributed by atoms with Crippen LogP contribution in [0.2, 0.25) is 0 Å². The fourth-order valence-electron chi connectivity index (χ4n) is 4.22. The number of rotatable bonds is 3. The Morgan fingerprint density at radius 2 is 2.24 bits per heavy atom. The summed E-state index contributed by atoms with van der Waals surface area (Å²) < 4.78 is 6.06. The van der Waals surface area contributed by atoms with Crippen LogP contribution in [0.5, 0.6) is 0 Å². The van der Waals surface area contributed by atoms with Crippen LogP contribution in [0, 0.1) is 11.8 Å². The predicted molar refractivity (Wildman–Crippen MR) is 92.4 cm³/mol. The molecule has 0 N–H and O–H groups in total. The molecule has 3 aliphatic heterocycles. The molecule has 3 saturated heterocycles. The van der Waals surface area contributed by atoms with E-state index in [9.17, 15) is 4.79 Å². The van der Waals surface area contributed by atoms with E-state index < -0.39 is 0 Å². The molecule has 0 radical (unpaired) electrons. The maximum atomic E-state index is 12.7. The second kappa shape index (κ2) is 7.81. The Labute approximate surface area is 149 Å². The van der Waals surface area contributed by atoms with Crippen LogP contribution in [0.15, 0.2) is 24.4 Å². The van der Waals surface area contributed by atoms with E-state index >= 15 is 0 Å². The number of pyridine rings is 1. The highest BCUT2D eigenvalue weighted by atomic mass is 16.7. The van der Waals surface area contributed by atoms with E-state index in [0.29, 0.717) is 25.2 Å². The van der Waals surface area contributed by atoms with Crippen LogP contribution >= 0.6 is 0 Å². The minimum atomic E-state index is -0.0610. The van der Waals surface area contributed by atoms with Crippen LogP contribution in [-0.4, -0.2) is 59.8 Å². The molecule has 0 bridgehead atoms. The average molecular weight is 345 g/mol. The Morgan fingerprint density at radius 3 is 3.04 bits per heavy atom. The molecule has 0 aliphatic carbocycles. The first-order valence-electron chi connectivity index (χ1n) is 9.48. The monoisotopic (exact) mass is 345 g/mol. The van der Waals surface area contributed by atoms with Crippen molar-refractivity contribution in [2.24, 2.45) is 11.8 Å². The number of hydrogen-bond donors (Lipinski definition) is 0. The molecule has 25 heavy (non-hydrogen) atoms. The van der Waals surface area contributed by atoms with Crippen molar-refractivity contribution in [3.05, 3.63) is 30.1 Å². The van der Waals surface area contributed by atoms with Gasteiger partial charge < -0.3 is 4.74 Å². The average Bonchev–Trinajstić information content (AvgIpc) is 2.68. The first-order chi connectivity index (χ1) is 12.3. The van der Waals surface area contributed by atoms with Crippen LogP contribution in [0.25, 0.3) is 0 Å². The maximum absolute atomic E-state index is 12.7. The molecular weight excluding hydrogens is 318 g/mol. The summed E-state index contributed by atoms with van der Waals surface area (Å²) in [5, 5.41) is 1.58. The highest BCUT2D eigenvalue weighted by Crippen LogP contribution is 2.33. The van der Waals surface area contributed by atoms with Gasteiger partial charge in [-0.15, -0.1) is 0 Å². The third-order valence-electron chi connectivity index (χ3n) is 5.56. The van der Waals surface area contributed by atoms with Gasteiger partial charge in [-0.2, -0.15) is 0 Å². The number of ether oxygens (including phenoxy) is 1. The Kier molecular flexibility index (Phi) is 5.29. The molecule has 3 aliphatic rings. The smallest absolute Gasteiger partial charge is 0.251 e. The third kappa shape index (κ3) is 4.02. The highest BCUT2D eigenvalue weighted by molar-refractivity contribution is 5.78. The molecule has 0 aromatic carbocycles. The lowest BCUT2D eigenvalue weighted by Gasteiger charge is -2.43. The van der Waals surface area contributed by atoms with Gasteiger partial charge in [0.05, 0.1) is 30.9 Å². The molecule has 6 heteroatoms. The first-order valence-corrected chi connectivity index (χ1v) is 9.48. The van der Waals surface area contributed by atoms with Crippen molar-refractivity contribution >= 4 is 5.91 Å². The summed E-state index contributed by atoms with van der Waals surface area (Å²) in [4.78, 5) is 25.1. The van der Waals surface area contributed by atoms with Crippen molar-refractivity contribution in [3.63, 3.8) is 0 Å². The minimum Gasteiger partial charge on any atom is -0.377 e. The van der Waals surface area contributed by atoms with Gasteiger partial charge in [0.2, 0.25) is 0 Å². The van der Waals surface area contributed by atoms with Crippen LogP contribution in [0.1, 0.15) is 31.4 Å². The van der Waals surface area contributed by atoms with Crippen LogP contribution in [-0.2, 0) is 20.9 Å². The summed E-state index contributed by atoms with van der Waals surface area (Å²) in [5.74, 6) is 0.471. The number of hydroxylamine groups is 2. The molecule has 1 amide bonds. The lowest BCUT2D eigenvalue weighted by Crippen LogP contribution is -2.51. The molecule has 136 valence electrons. The number of carbonyl (C=O) groups is 1. The van der Waals surface area contributed by atoms with Crippen molar-refractivity contribution in [1.82, 2.24) is 14.9 Å². The van der Waals surface area contributed by atoms with E-state index in [1.165, 1.54) is 0 Å². The number of likely N-dealkylation sites (tertiary alicyclic amines) is 1. The van der Waals surface area contributed by atoms with Crippen LogP contribution < -0.4 is 0 Å². The molecule has 3 atom stereocenters. The van der Waals surface area contributed by atoms with Crippen molar-refractivity contribution in [2.75, 3.05) is 32.8 Å². The lowest BCUT2D eigenvalue weighted by atomic mass is 9.83. The zero-order chi connectivity index (χ0) is 17.1. The van der Waals surface area contributed by atoms with Crippen molar-refractivity contribution in [3.8, 4) is 0 Å². The molecule has 1 aromatic rings. The molecule has 0 spiro atoms. The first kappa shape index (κ1) is 16.9. The Balaban J connectivity index is 1.34. The number of carbonyl (C=O) groups excluding carboxylic acids is 1. The number of aromatic nitrogens is 1. The Hall–Kier alpha value is -1.50. The SMILES string of the molecule is O=C([C@@H]1CO[C@@H]2CCN(Cc3ccccn3)C[C@@H]2C1)N1CCCCO1. The minimum absolute atomic E-state index is 0.0610. The van der Waals surface area contributed by atoms with Gasteiger partial charge in [0.25, 0.3) is 5.91 Å². The van der Waals surface area contributed by atoms with E-state index in [1.807, 2.05) is 18.3 Å². The van der Waals surface area contributed by atoms with Gasteiger partial charge in [-0.1, -0.05) is 6.07 Å². The normalized spacial score (nSPS) is 30.7. The van der Waals surface area contributed by atoms with E-state index in [4.69, 9.17) is 9.57 Å². The number of hydrogen-bond acceptors (Lipinski definition) is 5. The maximum Gasteiger partial charge on any atom is 0.251 e. The van der Waals surface area contributed by atoms with Gasteiger partial charge >= 0.3 is 0 Å². The quantitative estimate of drug-likeness (QED) is 0.837. The fraction of sp³-hybridized carbons (Fsp3) is 0.684. The largest absolute Gasteiger partial charge is 0.377 e. The topological polar surface area (TPSA) is 54.9 Å². The summed E-state index contributed by atoms with van der Waals surface area (Å²) >= 11 is 0. The second-order valence-electron chi connectivity index (χ2n) is 7.39. The van der Waals surface area contributed by atoms with Gasteiger partial charge in [-0.25, -0.2) is 5.06 Å². The molecular formula is C19H27N3O3. The van der Waals surface area contributed by atoms with Crippen molar-refractivity contribution in [2.45, 2.75) is 38.3 Å². The zero-order valence-electron chi connectivity index (χ0n) is 14.7. The lowest BCUT2D eigenvalue weighted by molar-refractivity contribution is -0.208. The summed E-state index contributed by atoms with van der Waals surface area (Å²) in [5.41, 5.74) is 1.10. The van der Waals surface area contributed by atoms with E-state index in [1.54, 1.807) is 5.06 Å². The third-order valence-corrected chi connectivity index (χ3v) is 5.56. The summed E-state index contributed by atoms with van der Waals surface area (Å²) in [6.45, 7) is 4.80. The number of amides is 1. The van der Waals surface area contributed by atoms with E-state index in [-0.39, 0.29) is 11.8 Å². The molecule has 4 heterocycles. The second-order valence-corrected chi connectivity index (χ2v) is 7.39. The fourth-order valence-corrected chi connectivity index (χ4v) is 4.22. The number of nitrogens with zero attached hydrogens (tertiary/aromatic N) is 3. The highest BCUT2D eigenvalue weighted by Gasteiger charge is 2.39. The molecule has 0 saturated carbocycles. The standard InChI is InChI=1S/C19H27N3O3/c23-19(22-8-3-4-10-25-22)16-11-15-12-21(9-6-18(15)24-14-16)13-17-5-1-2-7-20-17/h1-2,5,7,15-16,18H,3-4,6,8-14H2/t15-,16-,18+/m0/s1. The van der Waals surface area contributed by atoms with E-state index in [0.717, 1.165) is 57.6 Å². The summed E-state index contributed by atoms with van der Waals surface area (Å²) in [6.07, 6.45) is 6.16. The van der Waals surface area contributed by atoms with Gasteiger partial charge in [-0.05, 0) is 43.7 Å². The Morgan fingerprint density at radius 1 is 1.28 bits per heavy atom. The zero-order valence-corrected chi connectivity index (χ0v) is 14.7. The Bertz CT molecular complexity index is 577.